The fourth-order valence-corrected chi connectivity index (χ4v) is 2.11. The molecule has 0 aromatic heterocycles. The third-order valence-electron chi connectivity index (χ3n) is 3.55. The molecule has 2 fully saturated rings. The monoisotopic (exact) mass is 304 g/mol. The third-order valence-corrected chi connectivity index (χ3v) is 3.55. The van der Waals surface area contributed by atoms with Gasteiger partial charge in [-0.15, -0.1) is 0 Å². The summed E-state index contributed by atoms with van der Waals surface area (Å²) in [6, 6.07) is 0. The summed E-state index contributed by atoms with van der Waals surface area (Å²) in [6.45, 7) is 15.7. The Morgan fingerprint density at radius 1 is 0.952 bits per heavy atom. The second-order valence-electron chi connectivity index (χ2n) is 5.42. The molecular formula is C17H40N2O2. The number of nitrogens with zero attached hydrogens (tertiary/aromatic N) is 2. The molecule has 2 aliphatic rings. The summed E-state index contributed by atoms with van der Waals surface area (Å²) in [6.07, 6.45) is 2.84. The standard InChI is InChI=1S/C7H15N.C6H13NO2.2C2H6/c1-7-3-5-8(2)6-4-7;1-7-2-3-9-6(4-7)5-8;2*1-2/h7H,3-6H2,1-2H3;6,8H,2-5H2,1H3;2*1-2H3. The van der Waals surface area contributed by atoms with Gasteiger partial charge in [0.25, 0.3) is 0 Å². The van der Waals surface area contributed by atoms with Crippen molar-refractivity contribution in [1.29, 1.82) is 0 Å². The topological polar surface area (TPSA) is 35.9 Å². The number of aliphatic hydroxyl groups excluding tert-OH is 1. The Bertz CT molecular complexity index is 185. The normalized spacial score (nSPS) is 23.7. The van der Waals surface area contributed by atoms with Crippen molar-refractivity contribution < 1.29 is 9.84 Å². The van der Waals surface area contributed by atoms with E-state index in [4.69, 9.17) is 9.84 Å². The highest BCUT2D eigenvalue weighted by molar-refractivity contribution is 4.66. The van der Waals surface area contributed by atoms with Crippen molar-refractivity contribution >= 4 is 0 Å². The lowest BCUT2D eigenvalue weighted by Crippen LogP contribution is -2.41. The Hall–Kier alpha value is -0.160. The summed E-state index contributed by atoms with van der Waals surface area (Å²) < 4.78 is 5.21. The highest BCUT2D eigenvalue weighted by Gasteiger charge is 2.15. The van der Waals surface area contributed by atoms with Crippen LogP contribution >= 0.6 is 0 Å². The highest BCUT2D eigenvalue weighted by Crippen LogP contribution is 2.13. The van der Waals surface area contributed by atoms with Gasteiger partial charge in [0.15, 0.2) is 0 Å². The molecule has 2 aliphatic heterocycles. The largest absolute Gasteiger partial charge is 0.394 e. The molecule has 1 unspecified atom stereocenters. The second kappa shape index (κ2) is 16.2. The van der Waals surface area contributed by atoms with Crippen molar-refractivity contribution in [1.82, 2.24) is 9.80 Å². The average molecular weight is 305 g/mol. The van der Waals surface area contributed by atoms with Gasteiger partial charge in [0, 0.05) is 13.1 Å². The summed E-state index contributed by atoms with van der Waals surface area (Å²) in [5.74, 6) is 0.978. The molecule has 130 valence electrons. The molecule has 2 rings (SSSR count). The van der Waals surface area contributed by atoms with E-state index in [-0.39, 0.29) is 12.7 Å². The first-order valence-electron chi connectivity index (χ1n) is 8.71. The summed E-state index contributed by atoms with van der Waals surface area (Å²) in [7, 11) is 4.23. The van der Waals surface area contributed by atoms with E-state index >= 15 is 0 Å². The predicted molar refractivity (Wildman–Crippen MR) is 92.9 cm³/mol. The van der Waals surface area contributed by atoms with E-state index in [1.165, 1.54) is 25.9 Å². The first-order valence-corrected chi connectivity index (χ1v) is 8.71. The molecule has 0 aromatic carbocycles. The molecule has 0 aliphatic carbocycles. The maximum atomic E-state index is 8.66. The number of aliphatic hydroxyl groups is 1. The molecular weight excluding hydrogens is 264 g/mol. The van der Waals surface area contributed by atoms with Crippen LogP contribution in [0.5, 0.6) is 0 Å². The van der Waals surface area contributed by atoms with E-state index in [9.17, 15) is 0 Å². The van der Waals surface area contributed by atoms with Crippen molar-refractivity contribution in [2.75, 3.05) is 53.5 Å². The average Bonchev–Trinajstić information content (AvgIpc) is 2.55. The van der Waals surface area contributed by atoms with Crippen LogP contribution in [0.3, 0.4) is 0 Å². The molecule has 4 nitrogen and oxygen atoms in total. The minimum atomic E-state index is 0.0451. The summed E-state index contributed by atoms with van der Waals surface area (Å²) >= 11 is 0. The summed E-state index contributed by atoms with van der Waals surface area (Å²) in [5.41, 5.74) is 0. The summed E-state index contributed by atoms with van der Waals surface area (Å²) in [4.78, 5) is 4.56. The van der Waals surface area contributed by atoms with Crippen LogP contribution in [-0.2, 0) is 4.74 Å². The Balaban J connectivity index is 0. The smallest absolute Gasteiger partial charge is 0.0932 e. The van der Waals surface area contributed by atoms with Crippen molar-refractivity contribution in [3.05, 3.63) is 0 Å². The van der Waals surface area contributed by atoms with Crippen LogP contribution in [0.2, 0.25) is 0 Å². The van der Waals surface area contributed by atoms with E-state index < -0.39 is 0 Å². The van der Waals surface area contributed by atoms with Gasteiger partial charge >= 0.3 is 0 Å². The van der Waals surface area contributed by atoms with Gasteiger partial charge in [0.1, 0.15) is 0 Å². The van der Waals surface area contributed by atoms with Gasteiger partial charge in [-0.25, -0.2) is 0 Å². The number of morpholine rings is 1. The van der Waals surface area contributed by atoms with Gasteiger partial charge in [0.05, 0.1) is 19.3 Å². The van der Waals surface area contributed by atoms with Crippen LogP contribution in [0, 0.1) is 5.92 Å². The number of piperidine rings is 1. The van der Waals surface area contributed by atoms with E-state index in [1.807, 2.05) is 34.7 Å². The third kappa shape index (κ3) is 13.2. The fourth-order valence-electron chi connectivity index (χ4n) is 2.11. The molecule has 0 radical (unpaired) electrons. The van der Waals surface area contributed by atoms with Crippen molar-refractivity contribution in [3.63, 3.8) is 0 Å². The van der Waals surface area contributed by atoms with Crippen LogP contribution < -0.4 is 0 Å². The van der Waals surface area contributed by atoms with Gasteiger partial charge in [-0.1, -0.05) is 34.6 Å². The molecule has 0 spiro atoms. The van der Waals surface area contributed by atoms with Crippen molar-refractivity contribution in [2.45, 2.75) is 53.6 Å². The molecule has 2 heterocycles. The zero-order chi connectivity index (χ0) is 16.7. The van der Waals surface area contributed by atoms with Crippen molar-refractivity contribution in [2.24, 2.45) is 5.92 Å². The van der Waals surface area contributed by atoms with Crippen LogP contribution in [0.1, 0.15) is 47.5 Å². The zero-order valence-electron chi connectivity index (χ0n) is 15.6. The van der Waals surface area contributed by atoms with E-state index in [0.29, 0.717) is 0 Å². The molecule has 0 amide bonds. The fraction of sp³-hybridized carbons (Fsp3) is 1.00. The van der Waals surface area contributed by atoms with Gasteiger partial charge in [-0.2, -0.15) is 0 Å². The molecule has 1 atom stereocenters. The summed E-state index contributed by atoms with van der Waals surface area (Å²) in [5, 5.41) is 8.66. The Labute approximate surface area is 133 Å². The minimum absolute atomic E-state index is 0.0451. The maximum Gasteiger partial charge on any atom is 0.0932 e. The van der Waals surface area contributed by atoms with Gasteiger partial charge in [-0.3, -0.25) is 0 Å². The van der Waals surface area contributed by atoms with Crippen LogP contribution in [0.25, 0.3) is 0 Å². The van der Waals surface area contributed by atoms with E-state index in [0.717, 1.165) is 25.6 Å². The van der Waals surface area contributed by atoms with Gasteiger partial charge in [-0.05, 0) is 45.9 Å². The lowest BCUT2D eigenvalue weighted by Gasteiger charge is -2.28. The Kier molecular flexibility index (Phi) is 17.8. The van der Waals surface area contributed by atoms with Crippen LogP contribution in [-0.4, -0.2) is 74.5 Å². The molecule has 21 heavy (non-hydrogen) atoms. The molecule has 0 aromatic rings. The predicted octanol–water partition coefficient (Wildman–Crippen LogP) is 2.71. The zero-order valence-corrected chi connectivity index (χ0v) is 15.6. The lowest BCUT2D eigenvalue weighted by molar-refractivity contribution is -0.0453. The van der Waals surface area contributed by atoms with Crippen LogP contribution in [0.15, 0.2) is 0 Å². The quantitative estimate of drug-likeness (QED) is 0.808. The first kappa shape index (κ1) is 23.1. The van der Waals surface area contributed by atoms with E-state index in [1.54, 1.807) is 0 Å². The molecule has 0 bridgehead atoms. The number of likely N-dealkylation sites (N-methyl/N-ethyl adjacent to an activating group) is 1. The SMILES string of the molecule is CC.CC.CC1CCN(C)CC1.CN1CCOC(CO)C1. The maximum absolute atomic E-state index is 8.66. The minimum Gasteiger partial charge on any atom is -0.394 e. The number of hydrogen-bond donors (Lipinski definition) is 1. The Morgan fingerprint density at radius 2 is 1.48 bits per heavy atom. The molecule has 1 N–H and O–H groups in total. The molecule has 4 heteroatoms. The van der Waals surface area contributed by atoms with Crippen LogP contribution in [0.4, 0.5) is 0 Å². The van der Waals surface area contributed by atoms with Gasteiger partial charge < -0.3 is 19.6 Å². The number of ether oxygens (including phenoxy) is 1. The Morgan fingerprint density at radius 3 is 1.81 bits per heavy atom. The van der Waals surface area contributed by atoms with Gasteiger partial charge in [0.2, 0.25) is 0 Å². The first-order chi connectivity index (χ1) is 10.1. The number of hydrogen-bond acceptors (Lipinski definition) is 4. The number of likely N-dealkylation sites (tertiary alicyclic amines) is 1. The second-order valence-corrected chi connectivity index (χ2v) is 5.42. The molecule has 0 saturated carbocycles. The lowest BCUT2D eigenvalue weighted by atomic mass is 10.00. The molecule has 2 saturated heterocycles. The van der Waals surface area contributed by atoms with E-state index in [2.05, 4.69) is 23.8 Å². The highest BCUT2D eigenvalue weighted by atomic mass is 16.5. The number of rotatable bonds is 1. The van der Waals surface area contributed by atoms with Crippen molar-refractivity contribution in [3.8, 4) is 0 Å².